The molecule has 1 amide bonds. The quantitative estimate of drug-likeness (QED) is 0.907. The van der Waals surface area contributed by atoms with E-state index in [-0.39, 0.29) is 29.4 Å². The minimum Gasteiger partial charge on any atom is -0.347 e. The Labute approximate surface area is 137 Å². The lowest BCUT2D eigenvalue weighted by molar-refractivity contribution is -0.157. The van der Waals surface area contributed by atoms with Crippen LogP contribution in [0.3, 0.4) is 0 Å². The number of likely N-dealkylation sites (N-methyl/N-ethyl adjacent to an activating group) is 1. The van der Waals surface area contributed by atoms with E-state index in [0.29, 0.717) is 0 Å². The fourth-order valence-electron chi connectivity index (χ4n) is 4.02. The molecule has 2 N–H and O–H groups in total. The predicted octanol–water partition coefficient (Wildman–Crippen LogP) is 2.06. The third kappa shape index (κ3) is 2.25. The van der Waals surface area contributed by atoms with Gasteiger partial charge in [0.15, 0.2) is 0 Å². The van der Waals surface area contributed by atoms with E-state index >= 15 is 0 Å². The van der Waals surface area contributed by atoms with Crippen molar-refractivity contribution in [3.8, 4) is 0 Å². The number of likely N-dealkylation sites (tertiary alicyclic amines) is 1. The summed E-state index contributed by atoms with van der Waals surface area (Å²) in [4.78, 5) is 16.5. The molecule has 0 spiro atoms. The Morgan fingerprint density at radius 1 is 1.41 bits per heavy atom. The molecule has 0 aromatic heterocycles. The maximum atomic E-state index is 12.6. The van der Waals surface area contributed by atoms with Gasteiger partial charge >= 0.3 is 0 Å². The molecule has 120 valence electrons. The van der Waals surface area contributed by atoms with Crippen molar-refractivity contribution < 1.29 is 4.79 Å². The third-order valence-corrected chi connectivity index (χ3v) is 5.41. The predicted molar refractivity (Wildman–Crippen MR) is 88.8 cm³/mol. The summed E-state index contributed by atoms with van der Waals surface area (Å²) in [6.45, 7) is 5.19. The maximum Gasteiger partial charge on any atom is 0.240 e. The minimum atomic E-state index is -0.128. The van der Waals surface area contributed by atoms with Gasteiger partial charge in [-0.1, -0.05) is 37.6 Å². The number of nitrogens with zero attached hydrogens (tertiary/aromatic N) is 2. The Kier molecular flexibility index (Phi) is 3.75. The van der Waals surface area contributed by atoms with Crippen molar-refractivity contribution in [2.45, 2.75) is 38.4 Å². The van der Waals surface area contributed by atoms with Gasteiger partial charge < -0.3 is 10.6 Å². The van der Waals surface area contributed by atoms with Crippen LogP contribution in [0.15, 0.2) is 18.2 Å². The molecule has 4 nitrogen and oxygen atoms in total. The van der Waals surface area contributed by atoms with E-state index in [9.17, 15) is 4.79 Å². The van der Waals surface area contributed by atoms with Gasteiger partial charge in [-0.15, -0.1) is 0 Å². The van der Waals surface area contributed by atoms with Gasteiger partial charge in [-0.25, -0.2) is 0 Å². The Morgan fingerprint density at radius 2 is 2.09 bits per heavy atom. The van der Waals surface area contributed by atoms with Crippen molar-refractivity contribution in [3.63, 3.8) is 0 Å². The lowest BCUT2D eigenvalue weighted by atomic mass is 9.72. The van der Waals surface area contributed by atoms with Crippen LogP contribution in [0.25, 0.3) is 0 Å². The SMILES string of the molecule is CN(C)C(=O)C1N([C@@H]2Cc3cccc(Cl)c3[C@H]2N)CC1(C)C. The number of amides is 1. The number of rotatable bonds is 2. The zero-order valence-corrected chi connectivity index (χ0v) is 14.4. The Balaban J connectivity index is 1.87. The normalized spacial score (nSPS) is 29.8. The van der Waals surface area contributed by atoms with Gasteiger partial charge in [0.2, 0.25) is 5.91 Å². The molecule has 3 atom stereocenters. The fraction of sp³-hybridized carbons (Fsp3) is 0.588. The zero-order chi connectivity index (χ0) is 16.2. The van der Waals surface area contributed by atoms with E-state index in [1.54, 1.807) is 4.90 Å². The van der Waals surface area contributed by atoms with Crippen molar-refractivity contribution in [2.24, 2.45) is 11.1 Å². The number of fused-ring (bicyclic) bond motifs is 1. The van der Waals surface area contributed by atoms with Crippen LogP contribution in [-0.2, 0) is 11.2 Å². The maximum absolute atomic E-state index is 12.6. The highest BCUT2D eigenvalue weighted by molar-refractivity contribution is 6.31. The highest BCUT2D eigenvalue weighted by Crippen LogP contribution is 2.46. The van der Waals surface area contributed by atoms with Crippen molar-refractivity contribution in [3.05, 3.63) is 34.3 Å². The van der Waals surface area contributed by atoms with Crippen LogP contribution in [0.5, 0.6) is 0 Å². The molecule has 0 saturated carbocycles. The second kappa shape index (κ2) is 5.22. The van der Waals surface area contributed by atoms with Crippen LogP contribution in [-0.4, -0.2) is 48.4 Å². The number of carbonyl (C=O) groups excluding carboxylic acids is 1. The first-order valence-electron chi connectivity index (χ1n) is 7.74. The second-order valence-corrected chi connectivity index (χ2v) is 7.81. The molecule has 3 rings (SSSR count). The summed E-state index contributed by atoms with van der Waals surface area (Å²) in [7, 11) is 3.63. The van der Waals surface area contributed by atoms with Crippen molar-refractivity contribution in [1.29, 1.82) is 0 Å². The Morgan fingerprint density at radius 3 is 2.64 bits per heavy atom. The molecule has 1 aliphatic carbocycles. The average Bonchev–Trinajstić information content (AvgIpc) is 2.74. The average molecular weight is 322 g/mol. The van der Waals surface area contributed by atoms with E-state index in [4.69, 9.17) is 17.3 Å². The van der Waals surface area contributed by atoms with Gasteiger partial charge in [0, 0.05) is 43.2 Å². The molecule has 0 radical (unpaired) electrons. The standard InChI is InChI=1S/C17H24ClN3O/c1-17(2)9-21(15(17)16(22)20(3)4)12-8-10-6-5-7-11(18)13(10)14(12)19/h5-7,12,14-15H,8-9,19H2,1-4H3/t12-,14+,15?/m1/s1. The topological polar surface area (TPSA) is 49.6 Å². The van der Waals surface area contributed by atoms with E-state index in [1.807, 2.05) is 26.2 Å². The van der Waals surface area contributed by atoms with Crippen LogP contribution in [0, 0.1) is 5.41 Å². The van der Waals surface area contributed by atoms with Crippen LogP contribution in [0.4, 0.5) is 0 Å². The summed E-state index contributed by atoms with van der Waals surface area (Å²) in [5, 5.41) is 0.739. The first-order chi connectivity index (χ1) is 10.2. The molecule has 1 fully saturated rings. The van der Waals surface area contributed by atoms with Crippen LogP contribution in [0.1, 0.15) is 31.0 Å². The first-order valence-corrected chi connectivity index (χ1v) is 8.11. The fourth-order valence-corrected chi connectivity index (χ4v) is 4.34. The van der Waals surface area contributed by atoms with Crippen molar-refractivity contribution in [1.82, 2.24) is 9.80 Å². The number of hydrogen-bond donors (Lipinski definition) is 1. The molecule has 22 heavy (non-hydrogen) atoms. The molecule has 2 aliphatic rings. The summed E-state index contributed by atoms with van der Waals surface area (Å²) in [6, 6.07) is 5.87. The largest absolute Gasteiger partial charge is 0.347 e. The van der Waals surface area contributed by atoms with Gasteiger partial charge in [-0.2, -0.15) is 0 Å². The van der Waals surface area contributed by atoms with E-state index in [1.165, 1.54) is 5.56 Å². The number of hydrogen-bond acceptors (Lipinski definition) is 3. The molecule has 1 aliphatic heterocycles. The van der Waals surface area contributed by atoms with Gasteiger partial charge in [0.25, 0.3) is 0 Å². The van der Waals surface area contributed by atoms with Crippen molar-refractivity contribution >= 4 is 17.5 Å². The monoisotopic (exact) mass is 321 g/mol. The Bertz CT molecular complexity index is 614. The highest BCUT2D eigenvalue weighted by atomic mass is 35.5. The van der Waals surface area contributed by atoms with Gasteiger partial charge in [0.1, 0.15) is 0 Å². The summed E-state index contributed by atoms with van der Waals surface area (Å²) < 4.78 is 0. The van der Waals surface area contributed by atoms with E-state index in [2.05, 4.69) is 24.8 Å². The molecular formula is C17H24ClN3O. The molecule has 1 heterocycles. The zero-order valence-electron chi connectivity index (χ0n) is 13.6. The summed E-state index contributed by atoms with van der Waals surface area (Å²) in [6.07, 6.45) is 0.865. The number of carbonyl (C=O) groups is 1. The Hall–Kier alpha value is -1.10. The lowest BCUT2D eigenvalue weighted by Gasteiger charge is -2.57. The molecule has 1 aromatic rings. The summed E-state index contributed by atoms with van der Waals surface area (Å²) in [5.74, 6) is 0.158. The highest BCUT2D eigenvalue weighted by Gasteiger charge is 2.55. The van der Waals surface area contributed by atoms with E-state index in [0.717, 1.165) is 23.6 Å². The second-order valence-electron chi connectivity index (χ2n) is 7.41. The lowest BCUT2D eigenvalue weighted by Crippen LogP contribution is -2.70. The number of nitrogens with two attached hydrogens (primary N) is 1. The minimum absolute atomic E-state index is 0.0142. The first kappa shape index (κ1) is 15.8. The van der Waals surface area contributed by atoms with Gasteiger partial charge in [0.05, 0.1) is 6.04 Å². The van der Waals surface area contributed by atoms with Crippen LogP contribution in [0.2, 0.25) is 5.02 Å². The van der Waals surface area contributed by atoms with Gasteiger partial charge in [-0.05, 0) is 23.6 Å². The van der Waals surface area contributed by atoms with Crippen molar-refractivity contribution in [2.75, 3.05) is 20.6 Å². The molecular weight excluding hydrogens is 298 g/mol. The molecule has 1 aromatic carbocycles. The third-order valence-electron chi connectivity index (χ3n) is 5.08. The van der Waals surface area contributed by atoms with Crippen LogP contribution >= 0.6 is 11.6 Å². The number of benzene rings is 1. The molecule has 1 saturated heterocycles. The summed E-state index contributed by atoms with van der Waals surface area (Å²) >= 11 is 6.33. The molecule has 0 bridgehead atoms. The van der Waals surface area contributed by atoms with Gasteiger partial charge in [-0.3, -0.25) is 9.69 Å². The smallest absolute Gasteiger partial charge is 0.240 e. The van der Waals surface area contributed by atoms with E-state index < -0.39 is 0 Å². The molecule has 1 unspecified atom stereocenters. The van der Waals surface area contributed by atoms with Crippen LogP contribution < -0.4 is 5.73 Å². The molecule has 5 heteroatoms. The number of halogens is 1. The summed E-state index contributed by atoms with van der Waals surface area (Å²) in [5.41, 5.74) is 8.73.